The van der Waals surface area contributed by atoms with Gasteiger partial charge in [-0.15, -0.1) is 0 Å². The van der Waals surface area contributed by atoms with Gasteiger partial charge in [-0.25, -0.2) is 0 Å². The zero-order valence-corrected chi connectivity index (χ0v) is 11.2. The van der Waals surface area contributed by atoms with Crippen molar-refractivity contribution < 1.29 is 19.4 Å². The summed E-state index contributed by atoms with van der Waals surface area (Å²) in [7, 11) is 1.59. The van der Waals surface area contributed by atoms with Crippen LogP contribution in [0.4, 0.5) is 0 Å². The fraction of sp³-hybridized carbons (Fsp3) is 0.357. The number of ether oxygens (including phenoxy) is 1. The number of benzene rings is 1. The molecule has 6 heteroatoms. The minimum Gasteiger partial charge on any atom is -0.483 e. The summed E-state index contributed by atoms with van der Waals surface area (Å²) in [6, 6.07) is 8.66. The number of hydrogen-bond donors (Lipinski definition) is 1. The van der Waals surface area contributed by atoms with Crippen molar-refractivity contribution in [2.45, 2.75) is 12.8 Å². The van der Waals surface area contributed by atoms with Crippen molar-refractivity contribution in [2.75, 3.05) is 20.2 Å². The highest BCUT2D eigenvalue weighted by Crippen LogP contribution is 2.18. The predicted octanol–water partition coefficient (Wildman–Crippen LogP) is 1.06. The monoisotopic (exact) mass is 276 g/mol. The van der Waals surface area contributed by atoms with Gasteiger partial charge in [0.15, 0.2) is 6.61 Å². The summed E-state index contributed by atoms with van der Waals surface area (Å²) in [6.07, 6.45) is 0.104. The van der Waals surface area contributed by atoms with Gasteiger partial charge in [0.25, 0.3) is 5.91 Å². The second-order valence-corrected chi connectivity index (χ2v) is 4.19. The molecule has 0 aliphatic rings. The molecule has 0 heterocycles. The molecule has 1 amide bonds. The number of aliphatic carboxylic acids is 1. The molecule has 106 valence electrons. The number of amides is 1. The average Bonchev–Trinajstić information content (AvgIpc) is 2.42. The highest BCUT2D eigenvalue weighted by Gasteiger charge is 2.12. The number of carboxylic acids is 1. The van der Waals surface area contributed by atoms with E-state index in [1.54, 1.807) is 31.3 Å². The van der Waals surface area contributed by atoms with Crippen LogP contribution in [0.25, 0.3) is 0 Å². The van der Waals surface area contributed by atoms with Gasteiger partial charge in [-0.1, -0.05) is 18.2 Å². The lowest BCUT2D eigenvalue weighted by molar-refractivity contribution is -0.136. The van der Waals surface area contributed by atoms with Gasteiger partial charge in [0.2, 0.25) is 0 Å². The maximum absolute atomic E-state index is 11.7. The number of carbonyl (C=O) groups is 2. The first-order valence-corrected chi connectivity index (χ1v) is 6.08. The van der Waals surface area contributed by atoms with Gasteiger partial charge in [0, 0.05) is 19.2 Å². The Labute approximate surface area is 117 Å². The number of carboxylic acid groups (broad SMARTS) is 1. The fourth-order valence-electron chi connectivity index (χ4n) is 1.55. The van der Waals surface area contributed by atoms with E-state index < -0.39 is 5.97 Å². The maximum Gasteiger partial charge on any atom is 0.307 e. The number of likely N-dealkylation sites (N-methyl/N-ethyl adjacent to an activating group) is 1. The van der Waals surface area contributed by atoms with Crippen LogP contribution in [0, 0.1) is 11.3 Å². The summed E-state index contributed by atoms with van der Waals surface area (Å²) in [5.41, 5.74) is 0.521. The minimum absolute atomic E-state index is 0.158. The Morgan fingerprint density at radius 1 is 1.40 bits per heavy atom. The topological polar surface area (TPSA) is 90.6 Å². The molecule has 1 rings (SSSR count). The van der Waals surface area contributed by atoms with E-state index in [1.807, 2.05) is 6.07 Å². The second kappa shape index (κ2) is 7.79. The summed E-state index contributed by atoms with van der Waals surface area (Å²) < 4.78 is 5.36. The van der Waals surface area contributed by atoms with Gasteiger partial charge in [-0.2, -0.15) is 5.26 Å². The summed E-state index contributed by atoms with van der Waals surface area (Å²) in [5, 5.41) is 17.2. The normalized spacial score (nSPS) is 9.60. The highest BCUT2D eigenvalue weighted by atomic mass is 16.5. The van der Waals surface area contributed by atoms with Crippen LogP contribution in [-0.2, 0) is 16.0 Å². The van der Waals surface area contributed by atoms with E-state index >= 15 is 0 Å². The Hall–Kier alpha value is -2.55. The molecule has 0 spiro atoms. The maximum atomic E-state index is 11.7. The van der Waals surface area contributed by atoms with Gasteiger partial charge in [0.05, 0.1) is 18.9 Å². The number of nitrogens with zero attached hydrogens (tertiary/aromatic N) is 2. The van der Waals surface area contributed by atoms with Gasteiger partial charge >= 0.3 is 5.97 Å². The smallest absolute Gasteiger partial charge is 0.307 e. The molecule has 0 radical (unpaired) electrons. The van der Waals surface area contributed by atoms with E-state index in [1.165, 1.54) is 4.90 Å². The van der Waals surface area contributed by atoms with Crippen LogP contribution in [0.1, 0.15) is 12.0 Å². The second-order valence-electron chi connectivity index (χ2n) is 4.19. The number of hydrogen-bond acceptors (Lipinski definition) is 4. The number of rotatable bonds is 7. The van der Waals surface area contributed by atoms with E-state index in [9.17, 15) is 9.59 Å². The van der Waals surface area contributed by atoms with Crippen molar-refractivity contribution in [3.63, 3.8) is 0 Å². The molecule has 1 aromatic carbocycles. The molecule has 1 aromatic rings. The van der Waals surface area contributed by atoms with E-state index in [0.29, 0.717) is 17.9 Å². The number of nitriles is 1. The number of carbonyl (C=O) groups excluding carboxylic acids is 1. The first kappa shape index (κ1) is 15.5. The Morgan fingerprint density at radius 3 is 2.75 bits per heavy atom. The predicted molar refractivity (Wildman–Crippen MR) is 71.1 cm³/mol. The standard InChI is InChI=1S/C14H16N2O4/c1-16(8-4-7-15)13(17)10-20-12-6-3-2-5-11(12)9-14(18)19/h2-3,5-6H,4,8-10H2,1H3,(H,18,19). The molecule has 0 aliphatic carbocycles. The van der Waals surface area contributed by atoms with Gasteiger partial charge < -0.3 is 14.7 Å². The molecule has 0 saturated carbocycles. The fourth-order valence-corrected chi connectivity index (χ4v) is 1.55. The summed E-state index contributed by atoms with van der Waals surface area (Å²) in [4.78, 5) is 23.9. The zero-order chi connectivity index (χ0) is 15.0. The van der Waals surface area contributed by atoms with Crippen LogP contribution >= 0.6 is 0 Å². The molecular formula is C14H16N2O4. The highest BCUT2D eigenvalue weighted by molar-refractivity contribution is 5.77. The molecule has 0 aliphatic heterocycles. The van der Waals surface area contributed by atoms with Crippen molar-refractivity contribution in [1.29, 1.82) is 5.26 Å². The third kappa shape index (κ3) is 4.98. The lowest BCUT2D eigenvalue weighted by Gasteiger charge is -2.16. The number of para-hydroxylation sites is 1. The van der Waals surface area contributed by atoms with Crippen LogP contribution in [0.5, 0.6) is 5.75 Å². The third-order valence-corrected chi connectivity index (χ3v) is 2.65. The molecule has 20 heavy (non-hydrogen) atoms. The third-order valence-electron chi connectivity index (χ3n) is 2.65. The lowest BCUT2D eigenvalue weighted by atomic mass is 10.1. The molecule has 0 saturated heterocycles. The zero-order valence-electron chi connectivity index (χ0n) is 11.2. The molecule has 0 aromatic heterocycles. The summed E-state index contributed by atoms with van der Waals surface area (Å²) >= 11 is 0. The Balaban J connectivity index is 2.59. The Morgan fingerprint density at radius 2 is 2.10 bits per heavy atom. The first-order chi connectivity index (χ1) is 9.54. The van der Waals surface area contributed by atoms with Gasteiger partial charge in [-0.05, 0) is 6.07 Å². The van der Waals surface area contributed by atoms with E-state index in [4.69, 9.17) is 15.1 Å². The largest absolute Gasteiger partial charge is 0.483 e. The van der Waals surface area contributed by atoms with Crippen LogP contribution in [-0.4, -0.2) is 42.1 Å². The van der Waals surface area contributed by atoms with Crippen LogP contribution in [0.15, 0.2) is 24.3 Å². The SMILES string of the molecule is CN(CCC#N)C(=O)COc1ccccc1CC(=O)O. The molecular weight excluding hydrogens is 260 g/mol. The van der Waals surface area contributed by atoms with Gasteiger partial charge in [-0.3, -0.25) is 9.59 Å². The van der Waals surface area contributed by atoms with E-state index in [-0.39, 0.29) is 25.4 Å². The van der Waals surface area contributed by atoms with Crippen molar-refractivity contribution in [2.24, 2.45) is 0 Å². The van der Waals surface area contributed by atoms with E-state index in [2.05, 4.69) is 0 Å². The first-order valence-electron chi connectivity index (χ1n) is 6.08. The van der Waals surface area contributed by atoms with Crippen molar-refractivity contribution >= 4 is 11.9 Å². The Kier molecular flexibility index (Phi) is 6.04. The van der Waals surface area contributed by atoms with Gasteiger partial charge in [0.1, 0.15) is 5.75 Å². The van der Waals surface area contributed by atoms with Crippen molar-refractivity contribution in [3.8, 4) is 11.8 Å². The molecule has 6 nitrogen and oxygen atoms in total. The lowest BCUT2D eigenvalue weighted by Crippen LogP contribution is -2.32. The minimum atomic E-state index is -0.960. The summed E-state index contributed by atoms with van der Waals surface area (Å²) in [5.74, 6) is -0.833. The average molecular weight is 276 g/mol. The quantitative estimate of drug-likeness (QED) is 0.804. The molecule has 0 bridgehead atoms. The van der Waals surface area contributed by atoms with E-state index in [0.717, 1.165) is 0 Å². The van der Waals surface area contributed by atoms with Crippen molar-refractivity contribution in [1.82, 2.24) is 4.90 Å². The van der Waals surface area contributed by atoms with Crippen LogP contribution in [0.2, 0.25) is 0 Å². The summed E-state index contributed by atoms with van der Waals surface area (Å²) in [6.45, 7) is 0.161. The molecule has 0 fully saturated rings. The molecule has 0 atom stereocenters. The van der Waals surface area contributed by atoms with Crippen LogP contribution < -0.4 is 4.74 Å². The van der Waals surface area contributed by atoms with Crippen LogP contribution in [0.3, 0.4) is 0 Å². The molecule has 1 N–H and O–H groups in total. The van der Waals surface area contributed by atoms with Crippen molar-refractivity contribution in [3.05, 3.63) is 29.8 Å². The Bertz CT molecular complexity index is 522. The molecule has 0 unspecified atom stereocenters.